The summed E-state index contributed by atoms with van der Waals surface area (Å²) in [7, 11) is -3.93. The van der Waals surface area contributed by atoms with E-state index in [4.69, 9.17) is 16.7 Å². The number of nitrogens with one attached hydrogen (secondary N) is 1. The van der Waals surface area contributed by atoms with Crippen LogP contribution in [0.3, 0.4) is 0 Å². The molecule has 21 heavy (non-hydrogen) atoms. The van der Waals surface area contributed by atoms with Crippen molar-refractivity contribution in [3.8, 4) is 0 Å². The summed E-state index contributed by atoms with van der Waals surface area (Å²) in [5.41, 5.74) is -0.100. The molecule has 0 amide bonds. The van der Waals surface area contributed by atoms with Gasteiger partial charge in [0.2, 0.25) is 0 Å². The van der Waals surface area contributed by atoms with Crippen LogP contribution in [-0.4, -0.2) is 29.0 Å². The normalized spacial score (nSPS) is 11.3. The largest absolute Gasteiger partial charge is 0.477 e. The maximum absolute atomic E-state index is 12.2. The molecule has 0 saturated carbocycles. The number of halogens is 1. The molecule has 0 aromatic carbocycles. The Balaban J connectivity index is 2.38. The Bertz CT molecular complexity index is 786. The first kappa shape index (κ1) is 15.3. The molecule has 2 heterocycles. The van der Waals surface area contributed by atoms with E-state index in [-0.39, 0.29) is 21.6 Å². The van der Waals surface area contributed by atoms with Crippen molar-refractivity contribution in [3.63, 3.8) is 0 Å². The molecule has 0 aliphatic heterocycles. The van der Waals surface area contributed by atoms with Gasteiger partial charge in [0, 0.05) is 12.7 Å². The van der Waals surface area contributed by atoms with Crippen LogP contribution >= 0.6 is 11.6 Å². The molecule has 0 spiro atoms. The molecule has 2 rings (SSSR count). The fraction of sp³-hybridized carbons (Fsp3) is 0.167. The zero-order chi connectivity index (χ0) is 15.6. The third-order valence-electron chi connectivity index (χ3n) is 2.70. The van der Waals surface area contributed by atoms with Gasteiger partial charge < -0.3 is 9.67 Å². The number of hydrogen-bond donors (Lipinski definition) is 2. The van der Waals surface area contributed by atoms with Crippen molar-refractivity contribution in [3.05, 3.63) is 41.3 Å². The second kappa shape index (κ2) is 5.74. The molecule has 2 aromatic rings. The average molecular weight is 330 g/mol. The maximum Gasteiger partial charge on any atom is 0.352 e. The smallest absolute Gasteiger partial charge is 0.352 e. The second-order valence-electron chi connectivity index (χ2n) is 4.10. The van der Waals surface area contributed by atoms with E-state index in [9.17, 15) is 13.2 Å². The summed E-state index contributed by atoms with van der Waals surface area (Å²) in [5, 5.41) is 9.18. The molecule has 0 saturated heterocycles. The van der Waals surface area contributed by atoms with Crippen LogP contribution in [0.15, 0.2) is 35.4 Å². The summed E-state index contributed by atoms with van der Waals surface area (Å²) in [6, 6.07) is 5.60. The molecular weight excluding hydrogens is 318 g/mol. The van der Waals surface area contributed by atoms with Crippen LogP contribution in [0.4, 0.5) is 5.82 Å². The van der Waals surface area contributed by atoms with E-state index < -0.39 is 16.0 Å². The van der Waals surface area contributed by atoms with Gasteiger partial charge >= 0.3 is 5.97 Å². The molecule has 112 valence electrons. The predicted octanol–water partition coefficient (Wildman–Crippen LogP) is 2.06. The summed E-state index contributed by atoms with van der Waals surface area (Å²) < 4.78 is 28.0. The first-order chi connectivity index (χ1) is 9.83. The van der Waals surface area contributed by atoms with E-state index in [1.165, 1.54) is 22.9 Å². The molecule has 0 aliphatic rings. The van der Waals surface area contributed by atoms with Crippen molar-refractivity contribution in [2.24, 2.45) is 0 Å². The van der Waals surface area contributed by atoms with Gasteiger partial charge in [-0.15, -0.1) is 0 Å². The van der Waals surface area contributed by atoms with Gasteiger partial charge in [0.15, 0.2) is 0 Å². The first-order valence-electron chi connectivity index (χ1n) is 5.92. The summed E-state index contributed by atoms with van der Waals surface area (Å²) >= 11 is 5.69. The van der Waals surface area contributed by atoms with Crippen molar-refractivity contribution >= 4 is 33.4 Å². The van der Waals surface area contributed by atoms with Crippen LogP contribution < -0.4 is 4.72 Å². The molecule has 0 aliphatic carbocycles. The number of aromatic carboxylic acids is 1. The number of hydrogen-bond acceptors (Lipinski definition) is 4. The van der Waals surface area contributed by atoms with E-state index in [1.54, 1.807) is 13.0 Å². The topological polar surface area (TPSA) is 101 Å². The van der Waals surface area contributed by atoms with E-state index in [0.29, 0.717) is 6.54 Å². The molecule has 0 radical (unpaired) electrons. The zero-order valence-corrected chi connectivity index (χ0v) is 12.5. The number of aromatic nitrogens is 2. The lowest BCUT2D eigenvalue weighted by molar-refractivity contribution is 0.0685. The Hall–Kier alpha value is -2.06. The third-order valence-corrected chi connectivity index (χ3v) is 4.23. The number of anilines is 1. The summed E-state index contributed by atoms with van der Waals surface area (Å²) in [5.74, 6) is -1.14. The molecular formula is C12H12ClN3O4S. The van der Waals surface area contributed by atoms with Gasteiger partial charge in [0.1, 0.15) is 21.6 Å². The Labute approximate surface area is 126 Å². The number of sulfonamides is 1. The van der Waals surface area contributed by atoms with Gasteiger partial charge in [-0.05, 0) is 25.1 Å². The number of aryl methyl sites for hydroxylation is 1. The molecule has 7 nitrogen and oxygen atoms in total. The Kier molecular flexibility index (Phi) is 4.19. The Morgan fingerprint density at radius 1 is 1.48 bits per heavy atom. The molecule has 0 bridgehead atoms. The van der Waals surface area contributed by atoms with Crippen LogP contribution in [0.1, 0.15) is 17.4 Å². The van der Waals surface area contributed by atoms with Crippen molar-refractivity contribution in [2.75, 3.05) is 4.72 Å². The summed E-state index contributed by atoms with van der Waals surface area (Å²) in [6.07, 6.45) is 1.26. The highest BCUT2D eigenvalue weighted by atomic mass is 35.5. The van der Waals surface area contributed by atoms with E-state index >= 15 is 0 Å². The Morgan fingerprint density at radius 2 is 2.19 bits per heavy atom. The number of carbonyl (C=O) groups is 1. The molecule has 0 fully saturated rings. The van der Waals surface area contributed by atoms with E-state index in [0.717, 1.165) is 6.07 Å². The highest BCUT2D eigenvalue weighted by Crippen LogP contribution is 2.19. The van der Waals surface area contributed by atoms with Gasteiger partial charge in [-0.3, -0.25) is 4.72 Å². The molecule has 9 heteroatoms. The van der Waals surface area contributed by atoms with Gasteiger partial charge in [-0.1, -0.05) is 17.7 Å². The van der Waals surface area contributed by atoms with Gasteiger partial charge in [0.05, 0.1) is 0 Å². The quantitative estimate of drug-likeness (QED) is 0.817. The van der Waals surface area contributed by atoms with Crippen LogP contribution in [0.25, 0.3) is 0 Å². The molecule has 0 unspecified atom stereocenters. The Morgan fingerprint density at radius 3 is 2.71 bits per heavy atom. The third kappa shape index (κ3) is 3.34. The van der Waals surface area contributed by atoms with E-state index in [1.807, 2.05) is 0 Å². The minimum Gasteiger partial charge on any atom is -0.477 e. The average Bonchev–Trinajstić information content (AvgIpc) is 2.83. The SMILES string of the molecule is CCn1cc(S(=O)(=O)Nc2cccc(Cl)n2)cc1C(=O)O. The van der Waals surface area contributed by atoms with Crippen LogP contribution in [0, 0.1) is 0 Å². The predicted molar refractivity (Wildman–Crippen MR) is 77.1 cm³/mol. The standard InChI is InChI=1S/C12H12ClN3O4S/c1-2-16-7-8(6-9(16)12(17)18)21(19,20)15-11-5-3-4-10(13)14-11/h3-7H,2H2,1H3,(H,14,15)(H,17,18). The zero-order valence-electron chi connectivity index (χ0n) is 10.9. The van der Waals surface area contributed by atoms with Crippen molar-refractivity contribution in [1.82, 2.24) is 9.55 Å². The van der Waals surface area contributed by atoms with Crippen molar-refractivity contribution in [2.45, 2.75) is 18.4 Å². The minimum absolute atomic E-state index is 0.0589. The van der Waals surface area contributed by atoms with Crippen LogP contribution in [-0.2, 0) is 16.6 Å². The minimum atomic E-state index is -3.93. The number of carboxylic acids is 1. The summed E-state index contributed by atoms with van der Waals surface area (Å²) in [4.78, 5) is 14.7. The van der Waals surface area contributed by atoms with E-state index in [2.05, 4.69) is 9.71 Å². The molecule has 2 N–H and O–H groups in total. The second-order valence-corrected chi connectivity index (χ2v) is 6.17. The number of rotatable bonds is 5. The lowest BCUT2D eigenvalue weighted by Gasteiger charge is -2.05. The lowest BCUT2D eigenvalue weighted by atomic mass is 10.4. The van der Waals surface area contributed by atoms with Gasteiger partial charge in [0.25, 0.3) is 10.0 Å². The van der Waals surface area contributed by atoms with Crippen molar-refractivity contribution in [1.29, 1.82) is 0 Å². The first-order valence-corrected chi connectivity index (χ1v) is 7.78. The highest BCUT2D eigenvalue weighted by molar-refractivity contribution is 7.92. The van der Waals surface area contributed by atoms with Crippen LogP contribution in [0.2, 0.25) is 5.15 Å². The number of pyridine rings is 1. The molecule has 0 atom stereocenters. The monoisotopic (exact) mass is 329 g/mol. The molecule has 2 aromatic heterocycles. The summed E-state index contributed by atoms with van der Waals surface area (Å²) in [6.45, 7) is 2.06. The fourth-order valence-corrected chi connectivity index (χ4v) is 2.94. The van der Waals surface area contributed by atoms with Gasteiger partial charge in [-0.25, -0.2) is 18.2 Å². The number of carboxylic acid groups (broad SMARTS) is 1. The van der Waals surface area contributed by atoms with Gasteiger partial charge in [-0.2, -0.15) is 0 Å². The fourth-order valence-electron chi connectivity index (χ4n) is 1.73. The number of nitrogens with zero attached hydrogens (tertiary/aromatic N) is 2. The van der Waals surface area contributed by atoms with Crippen molar-refractivity contribution < 1.29 is 18.3 Å². The highest BCUT2D eigenvalue weighted by Gasteiger charge is 2.21. The maximum atomic E-state index is 12.2. The van der Waals surface area contributed by atoms with Crippen LogP contribution in [0.5, 0.6) is 0 Å². The lowest BCUT2D eigenvalue weighted by Crippen LogP contribution is -2.13.